The number of pyridine rings is 1. The third-order valence-electron chi connectivity index (χ3n) is 5.15. The number of nitrogens with one attached hydrogen (secondary N) is 1. The van der Waals surface area contributed by atoms with Gasteiger partial charge < -0.3 is 21.2 Å². The summed E-state index contributed by atoms with van der Waals surface area (Å²) in [5.41, 5.74) is 6.44. The van der Waals surface area contributed by atoms with Gasteiger partial charge in [0.1, 0.15) is 11.9 Å². The van der Waals surface area contributed by atoms with Gasteiger partial charge in [-0.1, -0.05) is 0 Å². The average Bonchev–Trinajstić information content (AvgIpc) is 2.88. The second-order valence-electron chi connectivity index (χ2n) is 7.55. The Balaban J connectivity index is 1.72. The maximum atomic E-state index is 13.9. The maximum absolute atomic E-state index is 13.9. The molecule has 2 heterocycles. The molecule has 0 radical (unpaired) electrons. The number of nitrogens with two attached hydrogens (primary N) is 1. The van der Waals surface area contributed by atoms with E-state index in [0.29, 0.717) is 35.9 Å². The van der Waals surface area contributed by atoms with Gasteiger partial charge in [0.05, 0.1) is 0 Å². The van der Waals surface area contributed by atoms with E-state index in [-0.39, 0.29) is 30.7 Å². The molecule has 0 spiro atoms. The molecule has 7 nitrogen and oxygen atoms in total. The summed E-state index contributed by atoms with van der Waals surface area (Å²) in [5, 5.41) is 14.3. The number of hydrogen-bond donors (Lipinski definition) is 2. The van der Waals surface area contributed by atoms with Crippen molar-refractivity contribution in [3.05, 3.63) is 70.4 Å². The highest BCUT2D eigenvalue weighted by Gasteiger charge is 2.32. The number of amides is 2. The first-order valence-corrected chi connectivity index (χ1v) is 9.88. The molecule has 2 atom stereocenters. The molecule has 1 saturated heterocycles. The first-order valence-electron chi connectivity index (χ1n) is 9.88. The number of halogens is 3. The average molecular weight is 436 g/mol. The van der Waals surface area contributed by atoms with Crippen molar-refractivity contribution < 1.29 is 27.5 Å². The molecule has 0 bridgehead atoms. The zero-order valence-electron chi connectivity index (χ0n) is 16.7. The summed E-state index contributed by atoms with van der Waals surface area (Å²) >= 11 is 0. The molecule has 2 aromatic rings. The van der Waals surface area contributed by atoms with Gasteiger partial charge in [0.2, 0.25) is 11.8 Å². The number of benzene rings is 1. The summed E-state index contributed by atoms with van der Waals surface area (Å²) in [6, 6.07) is 2.72. The van der Waals surface area contributed by atoms with E-state index in [1.54, 1.807) is 12.1 Å². The summed E-state index contributed by atoms with van der Waals surface area (Å²) < 4.78 is 41.0. The highest BCUT2D eigenvalue weighted by Crippen LogP contribution is 2.18. The molecule has 0 aliphatic carbocycles. The Hall–Kier alpha value is -3.14. The molecule has 31 heavy (non-hydrogen) atoms. The quantitative estimate of drug-likeness (QED) is 0.400. The van der Waals surface area contributed by atoms with E-state index in [9.17, 15) is 28.0 Å². The lowest BCUT2D eigenvalue weighted by atomic mass is 10.0. The third kappa shape index (κ3) is 5.72. The van der Waals surface area contributed by atoms with Crippen molar-refractivity contribution in [3.8, 4) is 0 Å². The van der Waals surface area contributed by atoms with Gasteiger partial charge in [0.15, 0.2) is 24.0 Å². The number of carbonyl (C=O) groups is 2. The van der Waals surface area contributed by atoms with E-state index < -0.39 is 35.4 Å². The van der Waals surface area contributed by atoms with Crippen LogP contribution in [0.25, 0.3) is 0 Å². The molecule has 1 unspecified atom stereocenters. The van der Waals surface area contributed by atoms with Gasteiger partial charge in [0, 0.05) is 49.7 Å². The van der Waals surface area contributed by atoms with Crippen molar-refractivity contribution in [1.82, 2.24) is 10.2 Å². The van der Waals surface area contributed by atoms with Gasteiger partial charge in [-0.15, -0.1) is 0 Å². The fourth-order valence-corrected chi connectivity index (χ4v) is 3.64. The molecule has 3 N–H and O–H groups in total. The van der Waals surface area contributed by atoms with Gasteiger partial charge in [0.25, 0.3) is 0 Å². The lowest BCUT2D eigenvalue weighted by Gasteiger charge is -2.29. The molecule has 1 fully saturated rings. The Morgan fingerprint density at radius 1 is 1.29 bits per heavy atom. The van der Waals surface area contributed by atoms with Crippen molar-refractivity contribution in [2.45, 2.75) is 37.8 Å². The van der Waals surface area contributed by atoms with E-state index in [2.05, 4.69) is 5.32 Å². The zero-order chi connectivity index (χ0) is 22.5. The van der Waals surface area contributed by atoms with Crippen LogP contribution in [0.15, 0.2) is 36.7 Å². The van der Waals surface area contributed by atoms with Gasteiger partial charge in [-0.05, 0) is 30.5 Å². The van der Waals surface area contributed by atoms with E-state index >= 15 is 0 Å². The smallest absolute Gasteiger partial charge is 0.243 e. The standard InChI is InChI=1S/C21H23F3N4O3/c22-16-11-18(24)17(23)9-14(16)8-15(25)10-20(29)28-6-2-4-26-21(30)19(28)7-13-3-1-5-27(31)12-13/h1,3,5,9,11-12,15,19H,2,4,6-8,10,25H2,(H,26,30)/t15-,19?/m1/s1. The zero-order valence-corrected chi connectivity index (χ0v) is 16.7. The Bertz CT molecular complexity index is 973. The van der Waals surface area contributed by atoms with Crippen LogP contribution in [0.2, 0.25) is 0 Å². The molecular weight excluding hydrogens is 413 g/mol. The molecule has 3 rings (SSSR count). The van der Waals surface area contributed by atoms with Crippen LogP contribution in [0, 0.1) is 22.7 Å². The van der Waals surface area contributed by atoms with E-state index in [1.807, 2.05) is 0 Å². The highest BCUT2D eigenvalue weighted by molar-refractivity contribution is 5.88. The van der Waals surface area contributed by atoms with Gasteiger partial charge in [-0.3, -0.25) is 9.59 Å². The first kappa shape index (κ1) is 22.5. The van der Waals surface area contributed by atoms with E-state index in [0.717, 1.165) is 6.07 Å². The Morgan fingerprint density at radius 2 is 2.03 bits per heavy atom. The van der Waals surface area contributed by atoms with Gasteiger partial charge >= 0.3 is 0 Å². The lowest BCUT2D eigenvalue weighted by molar-refractivity contribution is -0.605. The topological polar surface area (TPSA) is 102 Å². The monoisotopic (exact) mass is 436 g/mol. The number of hydrogen-bond acceptors (Lipinski definition) is 4. The summed E-state index contributed by atoms with van der Waals surface area (Å²) in [6.07, 6.45) is 2.95. The maximum Gasteiger partial charge on any atom is 0.243 e. The fourth-order valence-electron chi connectivity index (χ4n) is 3.64. The van der Waals surface area contributed by atoms with E-state index in [1.165, 1.54) is 17.3 Å². The van der Waals surface area contributed by atoms with Crippen LogP contribution in [-0.2, 0) is 22.4 Å². The molecule has 10 heteroatoms. The number of nitrogens with zero attached hydrogens (tertiary/aromatic N) is 2. The van der Waals surface area contributed by atoms with Crippen LogP contribution in [0.4, 0.5) is 13.2 Å². The third-order valence-corrected chi connectivity index (χ3v) is 5.15. The van der Waals surface area contributed by atoms with Crippen LogP contribution in [0.3, 0.4) is 0 Å². The molecule has 2 amide bonds. The summed E-state index contributed by atoms with van der Waals surface area (Å²) in [7, 11) is 0. The Kier molecular flexibility index (Phi) is 7.11. The summed E-state index contributed by atoms with van der Waals surface area (Å²) in [4.78, 5) is 26.9. The van der Waals surface area contributed by atoms with Crippen LogP contribution in [0.5, 0.6) is 0 Å². The summed E-state index contributed by atoms with van der Waals surface area (Å²) in [6.45, 7) is 0.709. The van der Waals surface area contributed by atoms with Crippen LogP contribution in [-0.4, -0.2) is 41.9 Å². The van der Waals surface area contributed by atoms with Crippen LogP contribution in [0.1, 0.15) is 24.0 Å². The minimum Gasteiger partial charge on any atom is -0.619 e. The minimum absolute atomic E-state index is 0.131. The highest BCUT2D eigenvalue weighted by atomic mass is 19.2. The number of rotatable bonds is 6. The number of carbonyl (C=O) groups excluding carboxylic acids is 2. The Labute approximate surface area is 177 Å². The lowest BCUT2D eigenvalue weighted by Crippen LogP contribution is -2.50. The first-order chi connectivity index (χ1) is 14.7. The normalized spacial score (nSPS) is 17.7. The molecular formula is C21H23F3N4O3. The molecule has 1 aromatic carbocycles. The van der Waals surface area contributed by atoms with Gasteiger partial charge in [-0.25, -0.2) is 13.2 Å². The van der Waals surface area contributed by atoms with Crippen molar-refractivity contribution in [3.63, 3.8) is 0 Å². The molecule has 0 saturated carbocycles. The van der Waals surface area contributed by atoms with Crippen molar-refractivity contribution >= 4 is 11.8 Å². The van der Waals surface area contributed by atoms with Crippen LogP contribution < -0.4 is 15.8 Å². The second kappa shape index (κ2) is 9.78. The molecule has 1 aliphatic heterocycles. The van der Waals surface area contributed by atoms with Crippen LogP contribution >= 0.6 is 0 Å². The van der Waals surface area contributed by atoms with E-state index in [4.69, 9.17) is 5.73 Å². The molecule has 1 aromatic heterocycles. The predicted molar refractivity (Wildman–Crippen MR) is 105 cm³/mol. The Morgan fingerprint density at radius 3 is 2.77 bits per heavy atom. The van der Waals surface area contributed by atoms with Crippen molar-refractivity contribution in [1.29, 1.82) is 0 Å². The largest absolute Gasteiger partial charge is 0.619 e. The van der Waals surface area contributed by atoms with Crippen molar-refractivity contribution in [2.24, 2.45) is 5.73 Å². The second-order valence-corrected chi connectivity index (χ2v) is 7.55. The van der Waals surface area contributed by atoms with Crippen molar-refractivity contribution in [2.75, 3.05) is 13.1 Å². The minimum atomic E-state index is -1.30. The molecule has 1 aliphatic rings. The number of aromatic nitrogens is 1. The SMILES string of the molecule is N[C@@H](CC(=O)N1CCCNC(=O)C1Cc1ccc[n+]([O-])c1)Cc1cc(F)c(F)cc1F. The van der Waals surface area contributed by atoms with Gasteiger partial charge in [-0.2, -0.15) is 4.73 Å². The summed E-state index contributed by atoms with van der Waals surface area (Å²) in [5.74, 6) is -4.19. The predicted octanol–water partition coefficient (Wildman–Crippen LogP) is 0.957. The fraction of sp³-hybridized carbons (Fsp3) is 0.381. The molecule has 166 valence electrons.